The van der Waals surface area contributed by atoms with E-state index in [0.29, 0.717) is 5.92 Å². The summed E-state index contributed by atoms with van der Waals surface area (Å²) in [5, 5.41) is 3.54. The predicted octanol–water partition coefficient (Wildman–Crippen LogP) is 5.40. The average Bonchev–Trinajstić information content (AvgIpc) is 3.14. The van der Waals surface area contributed by atoms with Crippen molar-refractivity contribution in [1.82, 2.24) is 10.2 Å². The highest BCUT2D eigenvalue weighted by Gasteiger charge is 2.42. The molecule has 1 heterocycles. The van der Waals surface area contributed by atoms with E-state index in [1.54, 1.807) is 0 Å². The Balaban J connectivity index is 0.00000280. The normalized spacial score (nSPS) is 21.8. The first-order chi connectivity index (χ1) is 12.8. The minimum Gasteiger partial charge on any atom is -0.443 e. The van der Waals surface area contributed by atoms with E-state index in [1.165, 1.54) is 16.8 Å². The average molecular weight is 405 g/mol. The van der Waals surface area contributed by atoms with E-state index >= 15 is 0 Å². The molecule has 0 radical (unpaired) electrons. The number of benzene rings is 1. The number of carbonyl (C=O) groups is 1. The van der Waals surface area contributed by atoms with Crippen molar-refractivity contribution in [2.75, 3.05) is 13.1 Å². The van der Waals surface area contributed by atoms with Gasteiger partial charge in [0.25, 0.3) is 0 Å². The second-order valence-electron chi connectivity index (χ2n) is 8.68. The minimum atomic E-state index is -0.471. The molecule has 4 nitrogen and oxygen atoms in total. The molecule has 1 saturated heterocycles. The SMILES string of the molecule is CC(=Cc1ccccc1)CNC[C@@H]1CC2CCC=C2N1C(=O)OC(C)(C)C.Cl. The summed E-state index contributed by atoms with van der Waals surface area (Å²) in [5.74, 6) is 0.505. The first-order valence-corrected chi connectivity index (χ1v) is 9.99. The number of nitrogens with zero attached hydrogens (tertiary/aromatic N) is 1. The van der Waals surface area contributed by atoms with Gasteiger partial charge < -0.3 is 10.1 Å². The van der Waals surface area contributed by atoms with Crippen LogP contribution in [0.15, 0.2) is 47.7 Å². The van der Waals surface area contributed by atoms with Gasteiger partial charge in [0.15, 0.2) is 0 Å². The van der Waals surface area contributed by atoms with Gasteiger partial charge in [0, 0.05) is 24.7 Å². The van der Waals surface area contributed by atoms with Crippen LogP contribution in [0.2, 0.25) is 0 Å². The Bertz CT molecular complexity index is 722. The van der Waals surface area contributed by atoms with Crippen LogP contribution in [-0.4, -0.2) is 35.7 Å². The Morgan fingerprint density at radius 2 is 2.00 bits per heavy atom. The molecular weight excluding hydrogens is 372 g/mol. The molecule has 3 rings (SSSR count). The van der Waals surface area contributed by atoms with Crippen molar-refractivity contribution < 1.29 is 9.53 Å². The van der Waals surface area contributed by atoms with Gasteiger partial charge in [0.05, 0.1) is 6.04 Å². The van der Waals surface area contributed by atoms with Gasteiger partial charge in [-0.3, -0.25) is 4.90 Å². The molecule has 0 bridgehead atoms. The molecular formula is C23H33ClN2O2. The van der Waals surface area contributed by atoms with Crippen molar-refractivity contribution in [3.63, 3.8) is 0 Å². The fourth-order valence-corrected chi connectivity index (χ4v) is 3.99. The van der Waals surface area contributed by atoms with Gasteiger partial charge in [-0.25, -0.2) is 4.79 Å². The first-order valence-electron chi connectivity index (χ1n) is 9.99. The number of carbonyl (C=O) groups excluding carboxylic acids is 1. The summed E-state index contributed by atoms with van der Waals surface area (Å²) in [6, 6.07) is 10.5. The lowest BCUT2D eigenvalue weighted by Crippen LogP contribution is -2.43. The van der Waals surface area contributed by atoms with Gasteiger partial charge in [-0.2, -0.15) is 0 Å². The molecule has 2 atom stereocenters. The lowest BCUT2D eigenvalue weighted by atomic mass is 10.0. The first kappa shape index (κ1) is 22.5. The lowest BCUT2D eigenvalue weighted by molar-refractivity contribution is 0.0278. The van der Waals surface area contributed by atoms with Crippen molar-refractivity contribution in [2.24, 2.45) is 5.92 Å². The second kappa shape index (κ2) is 9.62. The van der Waals surface area contributed by atoms with Crippen LogP contribution in [-0.2, 0) is 4.74 Å². The van der Waals surface area contributed by atoms with Gasteiger partial charge in [-0.15, -0.1) is 12.4 Å². The van der Waals surface area contributed by atoms with Gasteiger partial charge in [0.2, 0.25) is 0 Å². The molecule has 0 saturated carbocycles. The molecule has 1 fully saturated rings. The highest BCUT2D eigenvalue weighted by Crippen LogP contribution is 2.41. The highest BCUT2D eigenvalue weighted by atomic mass is 35.5. The fourth-order valence-electron chi connectivity index (χ4n) is 3.99. The standard InChI is InChI=1S/C23H32N2O2.ClH/c1-17(13-18-9-6-5-7-10-18)15-24-16-20-14-19-11-8-12-21(19)25(20)22(26)27-23(2,3)4;/h5-7,9-10,12-13,19-20,24H,8,11,14-16H2,1-4H3;1H/t19?,20-;/m0./s1. The number of rotatable bonds is 5. The molecule has 1 aromatic rings. The van der Waals surface area contributed by atoms with Crippen molar-refractivity contribution in [1.29, 1.82) is 0 Å². The summed E-state index contributed by atoms with van der Waals surface area (Å²) in [5.41, 5.74) is 3.20. The van der Waals surface area contributed by atoms with E-state index in [0.717, 1.165) is 32.4 Å². The molecule has 1 unspecified atom stereocenters. The van der Waals surface area contributed by atoms with Crippen LogP contribution in [0.4, 0.5) is 4.79 Å². The Morgan fingerprint density at radius 3 is 2.68 bits per heavy atom. The summed E-state index contributed by atoms with van der Waals surface area (Å²) in [6.07, 6.45) is 7.46. The Labute approximate surface area is 175 Å². The molecule has 1 aromatic carbocycles. The fraction of sp³-hybridized carbons (Fsp3) is 0.522. The third kappa shape index (κ3) is 5.86. The minimum absolute atomic E-state index is 0. The summed E-state index contributed by atoms with van der Waals surface area (Å²) in [7, 11) is 0. The topological polar surface area (TPSA) is 41.6 Å². The van der Waals surface area contributed by atoms with Crippen LogP contribution in [0.1, 0.15) is 52.5 Å². The number of allylic oxidation sites excluding steroid dienone is 2. The van der Waals surface area contributed by atoms with Crippen LogP contribution >= 0.6 is 12.4 Å². The van der Waals surface area contributed by atoms with E-state index in [1.807, 2.05) is 31.7 Å². The molecule has 1 aliphatic heterocycles. The Kier molecular flexibility index (Phi) is 7.73. The molecule has 28 heavy (non-hydrogen) atoms. The maximum atomic E-state index is 12.8. The van der Waals surface area contributed by atoms with E-state index in [-0.39, 0.29) is 24.5 Å². The number of hydrogen-bond acceptors (Lipinski definition) is 3. The predicted molar refractivity (Wildman–Crippen MR) is 117 cm³/mol. The number of hydrogen-bond donors (Lipinski definition) is 1. The summed E-state index contributed by atoms with van der Waals surface area (Å²) < 4.78 is 5.67. The molecule has 154 valence electrons. The summed E-state index contributed by atoms with van der Waals surface area (Å²) >= 11 is 0. The van der Waals surface area contributed by atoms with Gasteiger partial charge in [0.1, 0.15) is 5.60 Å². The third-order valence-electron chi connectivity index (χ3n) is 5.07. The van der Waals surface area contributed by atoms with Crippen molar-refractivity contribution in [3.8, 4) is 0 Å². The second-order valence-corrected chi connectivity index (χ2v) is 8.68. The zero-order chi connectivity index (χ0) is 19.4. The third-order valence-corrected chi connectivity index (χ3v) is 5.07. The summed E-state index contributed by atoms with van der Waals surface area (Å²) in [4.78, 5) is 14.7. The zero-order valence-electron chi connectivity index (χ0n) is 17.4. The molecule has 5 heteroatoms. The maximum Gasteiger partial charge on any atom is 0.414 e. The largest absolute Gasteiger partial charge is 0.443 e. The van der Waals surface area contributed by atoms with Gasteiger partial charge >= 0.3 is 6.09 Å². The number of nitrogens with one attached hydrogen (secondary N) is 1. The highest BCUT2D eigenvalue weighted by molar-refractivity contribution is 5.85. The molecule has 1 amide bonds. The number of ether oxygens (including phenoxy) is 1. The Hall–Kier alpha value is -1.78. The number of fused-ring (bicyclic) bond motifs is 1. The molecule has 1 aliphatic carbocycles. The van der Waals surface area contributed by atoms with E-state index in [2.05, 4.69) is 48.7 Å². The summed E-state index contributed by atoms with van der Waals surface area (Å²) in [6.45, 7) is 9.51. The zero-order valence-corrected chi connectivity index (χ0v) is 18.2. The molecule has 2 aliphatic rings. The smallest absolute Gasteiger partial charge is 0.414 e. The monoisotopic (exact) mass is 404 g/mol. The number of likely N-dealkylation sites (tertiary alicyclic amines) is 1. The van der Waals surface area contributed by atoms with Crippen LogP contribution in [0, 0.1) is 5.92 Å². The quantitative estimate of drug-likeness (QED) is 0.713. The van der Waals surface area contributed by atoms with E-state index < -0.39 is 5.60 Å². The Morgan fingerprint density at radius 1 is 1.29 bits per heavy atom. The van der Waals surface area contributed by atoms with Crippen molar-refractivity contribution in [3.05, 3.63) is 53.2 Å². The van der Waals surface area contributed by atoms with Gasteiger partial charge in [-0.1, -0.05) is 48.1 Å². The van der Waals surface area contributed by atoms with Gasteiger partial charge in [-0.05, 0) is 52.5 Å². The maximum absolute atomic E-state index is 12.8. The molecule has 0 aromatic heterocycles. The van der Waals surface area contributed by atoms with Crippen molar-refractivity contribution in [2.45, 2.75) is 58.6 Å². The van der Waals surface area contributed by atoms with E-state index in [9.17, 15) is 4.79 Å². The van der Waals surface area contributed by atoms with Crippen LogP contribution in [0.5, 0.6) is 0 Å². The van der Waals surface area contributed by atoms with E-state index in [4.69, 9.17) is 4.74 Å². The van der Waals surface area contributed by atoms with Crippen LogP contribution in [0.3, 0.4) is 0 Å². The van der Waals surface area contributed by atoms with Crippen LogP contribution < -0.4 is 5.32 Å². The molecule has 1 N–H and O–H groups in total. The molecule has 0 spiro atoms. The van der Waals surface area contributed by atoms with Crippen molar-refractivity contribution >= 4 is 24.6 Å². The van der Waals surface area contributed by atoms with Crippen LogP contribution in [0.25, 0.3) is 6.08 Å². The number of amides is 1. The lowest BCUT2D eigenvalue weighted by Gasteiger charge is -2.29. The number of halogens is 1.